The van der Waals surface area contributed by atoms with Crippen LogP contribution >= 0.6 is 0 Å². The number of benzene rings is 1. The summed E-state index contributed by atoms with van der Waals surface area (Å²) < 4.78 is 31.8. The Kier molecular flexibility index (Phi) is 7.18. The number of carboxylic acids is 1. The minimum Gasteiger partial charge on any atom is -0.494 e. The van der Waals surface area contributed by atoms with Crippen LogP contribution in [0.1, 0.15) is 20.3 Å². The summed E-state index contributed by atoms with van der Waals surface area (Å²) >= 11 is 0. The lowest BCUT2D eigenvalue weighted by atomic mass is 10.2. The number of rotatable bonds is 9. The van der Waals surface area contributed by atoms with Crippen molar-refractivity contribution < 1.29 is 27.9 Å². The van der Waals surface area contributed by atoms with Gasteiger partial charge in [-0.15, -0.1) is 0 Å². The largest absolute Gasteiger partial charge is 0.494 e. The molecule has 0 spiro atoms. The number of aliphatic carboxylic acids is 1. The van der Waals surface area contributed by atoms with Gasteiger partial charge in [0.15, 0.2) is 0 Å². The van der Waals surface area contributed by atoms with Crippen molar-refractivity contribution in [1.82, 2.24) is 9.62 Å². The van der Waals surface area contributed by atoms with Crippen LogP contribution in [0.25, 0.3) is 0 Å². The molecule has 1 rings (SSSR count). The average Bonchev–Trinajstić information content (AvgIpc) is 2.53. The fourth-order valence-electron chi connectivity index (χ4n) is 1.82. The SMILES string of the molecule is CCOc1ccc(S(=O)(=O)NCCC(=O)N(C)C(C)C(=O)O)cc1. The highest BCUT2D eigenvalue weighted by molar-refractivity contribution is 7.89. The highest BCUT2D eigenvalue weighted by Gasteiger charge is 2.22. The second kappa shape index (κ2) is 8.65. The number of likely N-dealkylation sites (N-methyl/N-ethyl adjacent to an activating group) is 1. The molecule has 0 radical (unpaired) electrons. The van der Waals surface area contributed by atoms with E-state index in [1.807, 2.05) is 6.92 Å². The maximum atomic E-state index is 12.1. The van der Waals surface area contributed by atoms with Crippen molar-refractivity contribution in [3.63, 3.8) is 0 Å². The number of nitrogens with zero attached hydrogens (tertiary/aromatic N) is 1. The molecular weight excluding hydrogens is 336 g/mol. The summed E-state index contributed by atoms with van der Waals surface area (Å²) in [5.74, 6) is -1.02. The minimum absolute atomic E-state index is 0.0608. The molecule has 0 saturated heterocycles. The van der Waals surface area contributed by atoms with E-state index < -0.39 is 27.9 Å². The van der Waals surface area contributed by atoms with Gasteiger partial charge in [-0.25, -0.2) is 17.9 Å². The molecule has 1 unspecified atom stereocenters. The van der Waals surface area contributed by atoms with Gasteiger partial charge in [-0.05, 0) is 38.1 Å². The first-order chi connectivity index (χ1) is 11.2. The maximum absolute atomic E-state index is 12.1. The second-order valence-electron chi connectivity index (χ2n) is 5.07. The molecular formula is C15H22N2O6S. The van der Waals surface area contributed by atoms with Crippen LogP contribution in [-0.2, 0) is 19.6 Å². The third kappa shape index (κ3) is 5.50. The van der Waals surface area contributed by atoms with Gasteiger partial charge in [-0.1, -0.05) is 0 Å². The Balaban J connectivity index is 2.59. The van der Waals surface area contributed by atoms with E-state index in [9.17, 15) is 18.0 Å². The maximum Gasteiger partial charge on any atom is 0.326 e. The number of amides is 1. The van der Waals surface area contributed by atoms with Crippen molar-refractivity contribution in [2.24, 2.45) is 0 Å². The molecule has 0 fully saturated rings. The number of carboxylic acid groups (broad SMARTS) is 1. The molecule has 0 aliphatic heterocycles. The van der Waals surface area contributed by atoms with Gasteiger partial charge in [0.25, 0.3) is 0 Å². The topological polar surface area (TPSA) is 113 Å². The molecule has 134 valence electrons. The Bertz CT molecular complexity index is 672. The number of nitrogens with one attached hydrogen (secondary N) is 1. The predicted octanol–water partition coefficient (Wildman–Crippen LogP) is 0.685. The van der Waals surface area contributed by atoms with E-state index in [0.717, 1.165) is 4.90 Å². The average molecular weight is 358 g/mol. The lowest BCUT2D eigenvalue weighted by Crippen LogP contribution is -2.41. The standard InChI is InChI=1S/C15H22N2O6S/c1-4-23-12-5-7-13(8-6-12)24(21,22)16-10-9-14(18)17(3)11(2)15(19)20/h5-8,11,16H,4,9-10H2,1-3H3,(H,19,20). The summed E-state index contributed by atoms with van der Waals surface area (Å²) in [4.78, 5) is 23.8. The molecule has 24 heavy (non-hydrogen) atoms. The summed E-state index contributed by atoms with van der Waals surface area (Å²) in [6.45, 7) is 3.57. The first-order valence-electron chi connectivity index (χ1n) is 7.40. The van der Waals surface area contributed by atoms with E-state index in [-0.39, 0.29) is 17.9 Å². The normalized spacial score (nSPS) is 12.5. The summed E-state index contributed by atoms with van der Waals surface area (Å²) in [5, 5.41) is 8.85. The van der Waals surface area contributed by atoms with Crippen LogP contribution in [-0.4, -0.2) is 56.5 Å². The van der Waals surface area contributed by atoms with Gasteiger partial charge in [0.2, 0.25) is 15.9 Å². The predicted molar refractivity (Wildman–Crippen MR) is 87.3 cm³/mol. The Labute approximate surface area is 141 Å². The lowest BCUT2D eigenvalue weighted by Gasteiger charge is -2.21. The molecule has 8 nitrogen and oxygen atoms in total. The zero-order valence-corrected chi connectivity index (χ0v) is 14.7. The van der Waals surface area contributed by atoms with Crippen LogP contribution in [0.5, 0.6) is 5.75 Å². The van der Waals surface area contributed by atoms with Crippen LogP contribution < -0.4 is 9.46 Å². The van der Waals surface area contributed by atoms with Crippen molar-refractivity contribution in [3.05, 3.63) is 24.3 Å². The summed E-state index contributed by atoms with van der Waals surface area (Å²) in [7, 11) is -2.38. The van der Waals surface area contributed by atoms with Crippen molar-refractivity contribution in [1.29, 1.82) is 0 Å². The van der Waals surface area contributed by atoms with Gasteiger partial charge in [0, 0.05) is 20.0 Å². The number of ether oxygens (including phenoxy) is 1. The molecule has 0 aromatic heterocycles. The highest BCUT2D eigenvalue weighted by Crippen LogP contribution is 2.15. The van der Waals surface area contributed by atoms with Crippen LogP contribution in [0, 0.1) is 0 Å². The third-order valence-electron chi connectivity index (χ3n) is 3.41. The van der Waals surface area contributed by atoms with Gasteiger partial charge >= 0.3 is 5.97 Å². The van der Waals surface area contributed by atoms with E-state index in [2.05, 4.69) is 4.72 Å². The minimum atomic E-state index is -3.74. The van der Waals surface area contributed by atoms with Crippen LogP contribution in [0.3, 0.4) is 0 Å². The number of carbonyl (C=O) groups excluding carboxylic acids is 1. The van der Waals surface area contributed by atoms with Crippen LogP contribution in [0.4, 0.5) is 0 Å². The number of hydrogen-bond donors (Lipinski definition) is 2. The molecule has 1 aromatic rings. The number of hydrogen-bond acceptors (Lipinski definition) is 5. The number of sulfonamides is 1. The molecule has 0 aliphatic carbocycles. The highest BCUT2D eigenvalue weighted by atomic mass is 32.2. The van der Waals surface area contributed by atoms with E-state index >= 15 is 0 Å². The summed E-state index contributed by atoms with van der Waals surface area (Å²) in [6.07, 6.45) is -0.135. The van der Waals surface area contributed by atoms with Crippen LogP contribution in [0.2, 0.25) is 0 Å². The summed E-state index contributed by atoms with van der Waals surface area (Å²) in [6, 6.07) is 4.94. The molecule has 9 heteroatoms. The Morgan fingerprint density at radius 1 is 1.29 bits per heavy atom. The first-order valence-corrected chi connectivity index (χ1v) is 8.88. The van der Waals surface area contributed by atoms with Crippen LogP contribution in [0.15, 0.2) is 29.2 Å². The van der Waals surface area contributed by atoms with Gasteiger partial charge in [-0.2, -0.15) is 0 Å². The monoisotopic (exact) mass is 358 g/mol. The lowest BCUT2D eigenvalue weighted by molar-refractivity contribution is -0.148. The molecule has 0 bridgehead atoms. The molecule has 0 heterocycles. The number of carbonyl (C=O) groups is 2. The van der Waals surface area contributed by atoms with Crippen molar-refractivity contribution in [3.8, 4) is 5.75 Å². The van der Waals surface area contributed by atoms with Crippen molar-refractivity contribution >= 4 is 21.9 Å². The Morgan fingerprint density at radius 3 is 2.38 bits per heavy atom. The third-order valence-corrected chi connectivity index (χ3v) is 4.88. The van der Waals surface area contributed by atoms with E-state index in [0.29, 0.717) is 12.4 Å². The zero-order chi connectivity index (χ0) is 18.3. The second-order valence-corrected chi connectivity index (χ2v) is 6.84. The molecule has 1 atom stereocenters. The van der Waals surface area contributed by atoms with Gasteiger partial charge < -0.3 is 14.7 Å². The van der Waals surface area contributed by atoms with Crippen molar-refractivity contribution in [2.75, 3.05) is 20.2 Å². The fourth-order valence-corrected chi connectivity index (χ4v) is 2.85. The van der Waals surface area contributed by atoms with Gasteiger partial charge in [0.05, 0.1) is 11.5 Å². The summed E-state index contributed by atoms with van der Waals surface area (Å²) in [5.41, 5.74) is 0. The van der Waals surface area contributed by atoms with Gasteiger partial charge in [-0.3, -0.25) is 4.79 Å². The molecule has 0 saturated carbocycles. The van der Waals surface area contributed by atoms with Gasteiger partial charge in [0.1, 0.15) is 11.8 Å². The van der Waals surface area contributed by atoms with E-state index in [1.54, 1.807) is 12.1 Å². The smallest absolute Gasteiger partial charge is 0.326 e. The Morgan fingerprint density at radius 2 is 1.88 bits per heavy atom. The van der Waals surface area contributed by atoms with E-state index in [1.165, 1.54) is 26.1 Å². The first kappa shape index (κ1) is 19.9. The van der Waals surface area contributed by atoms with E-state index in [4.69, 9.17) is 9.84 Å². The zero-order valence-electron chi connectivity index (χ0n) is 13.9. The van der Waals surface area contributed by atoms with Crippen molar-refractivity contribution in [2.45, 2.75) is 31.2 Å². The fraction of sp³-hybridized carbons (Fsp3) is 0.467. The molecule has 0 aliphatic rings. The quantitative estimate of drug-likeness (QED) is 0.671. The Hall–Kier alpha value is -2.13. The molecule has 1 aromatic carbocycles. The molecule has 1 amide bonds. The molecule has 2 N–H and O–H groups in total.